The average molecular weight is 260 g/mol. The molecule has 6 heteroatoms. The predicted molar refractivity (Wildman–Crippen MR) is 70.0 cm³/mol. The van der Waals surface area contributed by atoms with Crippen LogP contribution in [0, 0.1) is 6.92 Å². The minimum atomic E-state index is -0.0984. The second-order valence-corrected chi connectivity index (χ2v) is 4.92. The van der Waals surface area contributed by atoms with E-state index in [2.05, 4.69) is 10.2 Å². The number of rotatable bonds is 2. The van der Waals surface area contributed by atoms with E-state index in [9.17, 15) is 4.79 Å². The van der Waals surface area contributed by atoms with Crippen molar-refractivity contribution in [3.63, 3.8) is 0 Å². The lowest BCUT2D eigenvalue weighted by molar-refractivity contribution is 0.0954. The molecule has 3 aromatic heterocycles. The maximum Gasteiger partial charge on any atom is 0.288 e. The summed E-state index contributed by atoms with van der Waals surface area (Å²) in [5.41, 5.74) is 2.53. The van der Waals surface area contributed by atoms with Gasteiger partial charge in [0.25, 0.3) is 5.91 Å². The van der Waals surface area contributed by atoms with E-state index < -0.39 is 0 Å². The van der Waals surface area contributed by atoms with Crippen LogP contribution in [0.25, 0.3) is 11.0 Å². The largest absolute Gasteiger partial charge is 0.288 e. The van der Waals surface area contributed by atoms with Crippen LogP contribution < -0.4 is 0 Å². The Balaban J connectivity index is 2.19. The Kier molecular flexibility index (Phi) is 2.52. The fraction of sp³-hybridized carbons (Fsp3) is 0.250. The van der Waals surface area contributed by atoms with Crippen molar-refractivity contribution in [2.24, 2.45) is 0 Å². The smallest absolute Gasteiger partial charge is 0.266 e. The van der Waals surface area contributed by atoms with Crippen LogP contribution in [-0.2, 0) is 6.54 Å². The number of thiophene rings is 1. The van der Waals surface area contributed by atoms with Crippen molar-refractivity contribution < 1.29 is 4.79 Å². The van der Waals surface area contributed by atoms with E-state index in [0.29, 0.717) is 4.88 Å². The first-order valence-electron chi connectivity index (χ1n) is 5.71. The number of carbonyl (C=O) groups excluding carboxylic acids is 1. The van der Waals surface area contributed by atoms with E-state index in [4.69, 9.17) is 0 Å². The standard InChI is InChI=1S/C12H12N4OS/c1-3-15-9-7-13-16(11(9)8(2)14-15)12(17)10-5-4-6-18-10/h4-7H,3H2,1-2H3. The molecular formula is C12H12N4OS. The SMILES string of the molecule is CCn1nc(C)c2c1cnn2C(=O)c1cccs1. The molecule has 3 aromatic rings. The first-order valence-corrected chi connectivity index (χ1v) is 6.59. The highest BCUT2D eigenvalue weighted by atomic mass is 32.1. The predicted octanol–water partition coefficient (Wildman–Crippen LogP) is 2.31. The van der Waals surface area contributed by atoms with Gasteiger partial charge >= 0.3 is 0 Å². The van der Waals surface area contributed by atoms with Crippen LogP contribution in [0.4, 0.5) is 0 Å². The molecule has 0 N–H and O–H groups in total. The number of fused-ring (bicyclic) bond motifs is 1. The molecular weight excluding hydrogens is 248 g/mol. The molecule has 0 saturated carbocycles. The summed E-state index contributed by atoms with van der Waals surface area (Å²) < 4.78 is 3.30. The summed E-state index contributed by atoms with van der Waals surface area (Å²) in [5.74, 6) is -0.0984. The average Bonchev–Trinajstić information content (AvgIpc) is 3.05. The highest BCUT2D eigenvalue weighted by molar-refractivity contribution is 7.12. The molecule has 0 radical (unpaired) electrons. The molecule has 0 fully saturated rings. The number of nitrogens with zero attached hydrogens (tertiary/aromatic N) is 4. The van der Waals surface area contributed by atoms with E-state index >= 15 is 0 Å². The molecule has 0 aliphatic rings. The first kappa shape index (κ1) is 11.2. The van der Waals surface area contributed by atoms with Crippen molar-refractivity contribution in [2.75, 3.05) is 0 Å². The summed E-state index contributed by atoms with van der Waals surface area (Å²) in [4.78, 5) is 13.0. The lowest BCUT2D eigenvalue weighted by atomic mass is 10.3. The van der Waals surface area contributed by atoms with Crippen molar-refractivity contribution in [1.82, 2.24) is 19.6 Å². The van der Waals surface area contributed by atoms with E-state index in [1.54, 1.807) is 12.3 Å². The normalized spacial score (nSPS) is 11.2. The Morgan fingerprint density at radius 1 is 1.50 bits per heavy atom. The monoisotopic (exact) mass is 260 g/mol. The van der Waals surface area contributed by atoms with Gasteiger partial charge in [-0.1, -0.05) is 6.07 Å². The van der Waals surface area contributed by atoms with Crippen LogP contribution >= 0.6 is 11.3 Å². The number of aryl methyl sites for hydroxylation is 2. The Labute approximate surface area is 108 Å². The third-order valence-electron chi connectivity index (χ3n) is 2.87. The van der Waals surface area contributed by atoms with Gasteiger partial charge in [-0.15, -0.1) is 11.3 Å². The lowest BCUT2D eigenvalue weighted by Gasteiger charge is -1.98. The molecule has 5 nitrogen and oxygen atoms in total. The minimum Gasteiger partial charge on any atom is -0.266 e. The fourth-order valence-electron chi connectivity index (χ4n) is 2.05. The number of hydrogen-bond acceptors (Lipinski definition) is 4. The van der Waals surface area contributed by atoms with Gasteiger partial charge in [0.2, 0.25) is 0 Å². The summed E-state index contributed by atoms with van der Waals surface area (Å²) in [6.07, 6.45) is 1.70. The van der Waals surface area contributed by atoms with Gasteiger partial charge in [0.15, 0.2) is 0 Å². The van der Waals surface area contributed by atoms with Crippen LogP contribution in [-0.4, -0.2) is 25.5 Å². The maximum atomic E-state index is 12.3. The minimum absolute atomic E-state index is 0.0984. The van der Waals surface area contributed by atoms with Crippen LogP contribution in [0.15, 0.2) is 23.7 Å². The van der Waals surface area contributed by atoms with Crippen LogP contribution in [0.2, 0.25) is 0 Å². The van der Waals surface area contributed by atoms with E-state index in [0.717, 1.165) is 23.3 Å². The molecule has 3 heterocycles. The quantitative estimate of drug-likeness (QED) is 0.710. The molecule has 0 amide bonds. The lowest BCUT2D eigenvalue weighted by Crippen LogP contribution is -2.12. The Hall–Kier alpha value is -1.95. The molecule has 18 heavy (non-hydrogen) atoms. The Morgan fingerprint density at radius 2 is 2.33 bits per heavy atom. The molecule has 0 unspecified atom stereocenters. The topological polar surface area (TPSA) is 52.7 Å². The van der Waals surface area contributed by atoms with Gasteiger partial charge in [-0.2, -0.15) is 14.9 Å². The second kappa shape index (κ2) is 4.06. The zero-order valence-corrected chi connectivity index (χ0v) is 10.9. The maximum absolute atomic E-state index is 12.3. The number of aromatic nitrogens is 4. The summed E-state index contributed by atoms with van der Waals surface area (Å²) in [5, 5.41) is 10.5. The molecule has 0 spiro atoms. The highest BCUT2D eigenvalue weighted by Gasteiger charge is 2.18. The van der Waals surface area contributed by atoms with Crippen LogP contribution in [0.5, 0.6) is 0 Å². The van der Waals surface area contributed by atoms with Crippen LogP contribution in [0.3, 0.4) is 0 Å². The van der Waals surface area contributed by atoms with Gasteiger partial charge < -0.3 is 0 Å². The van der Waals surface area contributed by atoms with Crippen molar-refractivity contribution in [3.8, 4) is 0 Å². The summed E-state index contributed by atoms with van der Waals surface area (Å²) in [7, 11) is 0. The molecule has 0 aliphatic heterocycles. The Morgan fingerprint density at radius 3 is 3.00 bits per heavy atom. The van der Waals surface area contributed by atoms with E-state index in [-0.39, 0.29) is 5.91 Å². The van der Waals surface area contributed by atoms with Crippen molar-refractivity contribution >= 4 is 28.3 Å². The van der Waals surface area contributed by atoms with E-state index in [1.165, 1.54) is 16.0 Å². The van der Waals surface area contributed by atoms with E-state index in [1.807, 2.05) is 30.0 Å². The van der Waals surface area contributed by atoms with Crippen molar-refractivity contribution in [3.05, 3.63) is 34.3 Å². The molecule has 0 aliphatic carbocycles. The summed E-state index contributed by atoms with van der Waals surface area (Å²) in [6, 6.07) is 3.67. The van der Waals surface area contributed by atoms with Gasteiger partial charge in [0.1, 0.15) is 11.0 Å². The number of hydrogen-bond donors (Lipinski definition) is 0. The van der Waals surface area contributed by atoms with Crippen LogP contribution in [0.1, 0.15) is 22.3 Å². The molecule has 3 rings (SSSR count). The Bertz CT molecular complexity index is 708. The summed E-state index contributed by atoms with van der Waals surface area (Å²) >= 11 is 1.42. The third-order valence-corrected chi connectivity index (χ3v) is 3.72. The van der Waals surface area contributed by atoms with Gasteiger partial charge in [0.05, 0.1) is 16.8 Å². The zero-order valence-electron chi connectivity index (χ0n) is 10.1. The summed E-state index contributed by atoms with van der Waals surface area (Å²) in [6.45, 7) is 4.68. The first-order chi connectivity index (χ1) is 8.72. The van der Waals surface area contributed by atoms with Gasteiger partial charge in [-0.05, 0) is 25.3 Å². The van der Waals surface area contributed by atoms with Crippen molar-refractivity contribution in [1.29, 1.82) is 0 Å². The number of carbonyl (C=O) groups is 1. The van der Waals surface area contributed by atoms with Gasteiger partial charge in [-0.25, -0.2) is 0 Å². The fourth-order valence-corrected chi connectivity index (χ4v) is 2.70. The second-order valence-electron chi connectivity index (χ2n) is 3.97. The van der Waals surface area contributed by atoms with Crippen molar-refractivity contribution in [2.45, 2.75) is 20.4 Å². The molecule has 92 valence electrons. The van der Waals surface area contributed by atoms with Gasteiger partial charge in [0, 0.05) is 6.54 Å². The molecule has 0 aromatic carbocycles. The molecule has 0 bridgehead atoms. The molecule has 0 atom stereocenters. The highest BCUT2D eigenvalue weighted by Crippen LogP contribution is 2.20. The van der Waals surface area contributed by atoms with Gasteiger partial charge in [-0.3, -0.25) is 9.48 Å². The third kappa shape index (κ3) is 1.49. The molecule has 0 saturated heterocycles. The zero-order chi connectivity index (χ0) is 12.7.